The predicted octanol–water partition coefficient (Wildman–Crippen LogP) is 5.69. The van der Waals surface area contributed by atoms with E-state index >= 15 is 0 Å². The van der Waals surface area contributed by atoms with Crippen LogP contribution in [0.1, 0.15) is 76.3 Å². The minimum absolute atomic E-state index is 0.0527. The van der Waals surface area contributed by atoms with Gasteiger partial charge in [0.15, 0.2) is 5.13 Å². The number of aryl methyl sites for hydroxylation is 2. The fraction of sp³-hybridized carbons (Fsp3) is 0.731. The molecule has 6 atom stereocenters. The van der Waals surface area contributed by atoms with Crippen molar-refractivity contribution in [2.75, 3.05) is 12.4 Å². The molecule has 1 aromatic rings. The van der Waals surface area contributed by atoms with Gasteiger partial charge in [-0.1, -0.05) is 19.4 Å². The molecular weight excluding hydrogens is 418 g/mol. The van der Waals surface area contributed by atoms with Crippen LogP contribution in [0, 0.1) is 48.3 Å². The third kappa shape index (κ3) is 3.04. The number of thiazole rings is 1. The van der Waals surface area contributed by atoms with Crippen molar-refractivity contribution in [3.63, 3.8) is 0 Å². The summed E-state index contributed by atoms with van der Waals surface area (Å²) in [4.78, 5) is 33.5. The minimum atomic E-state index is 0.0527. The molecule has 1 N–H and O–H groups in total. The maximum atomic E-state index is 13.4. The maximum absolute atomic E-state index is 13.4. The quantitative estimate of drug-likeness (QED) is 0.623. The van der Waals surface area contributed by atoms with Crippen LogP contribution in [-0.4, -0.2) is 28.7 Å². The van der Waals surface area contributed by atoms with Gasteiger partial charge in [0.25, 0.3) is 0 Å². The van der Waals surface area contributed by atoms with Crippen molar-refractivity contribution < 1.29 is 9.59 Å². The van der Waals surface area contributed by atoms with E-state index in [4.69, 9.17) is 0 Å². The van der Waals surface area contributed by atoms with Gasteiger partial charge in [-0.2, -0.15) is 0 Å². The third-order valence-electron chi connectivity index (χ3n) is 9.89. The molecule has 3 fully saturated rings. The van der Waals surface area contributed by atoms with Crippen LogP contribution >= 0.6 is 11.3 Å². The normalized spacial score (nSPS) is 38.9. The van der Waals surface area contributed by atoms with Crippen molar-refractivity contribution in [1.29, 1.82) is 0 Å². The van der Waals surface area contributed by atoms with Crippen LogP contribution in [0.5, 0.6) is 0 Å². The predicted molar refractivity (Wildman–Crippen MR) is 128 cm³/mol. The van der Waals surface area contributed by atoms with E-state index in [9.17, 15) is 9.59 Å². The molecule has 2 saturated carbocycles. The Morgan fingerprint density at radius 3 is 2.56 bits per heavy atom. The molecule has 4 aliphatic rings. The average molecular weight is 456 g/mol. The van der Waals surface area contributed by atoms with Crippen LogP contribution in [0.25, 0.3) is 0 Å². The van der Waals surface area contributed by atoms with Crippen LogP contribution in [0.2, 0.25) is 0 Å². The number of nitrogens with one attached hydrogen (secondary N) is 1. The molecule has 5 rings (SSSR count). The smallest absolute Gasteiger partial charge is 0.229 e. The van der Waals surface area contributed by atoms with Crippen LogP contribution < -0.4 is 5.32 Å². The maximum Gasteiger partial charge on any atom is 0.229 e. The number of likely N-dealkylation sites (tertiary alicyclic amines) is 1. The fourth-order valence-electron chi connectivity index (χ4n) is 8.26. The molecule has 2 amide bonds. The fourth-order valence-corrected chi connectivity index (χ4v) is 9.08. The second kappa shape index (κ2) is 7.41. The number of amides is 2. The highest BCUT2D eigenvalue weighted by molar-refractivity contribution is 7.15. The standard InChI is InChI=1S/C26H37N3O2S/c1-14-13-17-18-7-8-20(23(31)28-24-27-15(2)16(3)32-24)25(18,4)11-9-19(17)26(5)12-10-21(30)29(6)22(14)26/h17-20H,7-13H2,1-6H3,(H,27,28,31)/t17-,18-,19+,20?,25-,26+/m0/s1. The van der Waals surface area contributed by atoms with Crippen molar-refractivity contribution in [2.24, 2.45) is 34.5 Å². The van der Waals surface area contributed by atoms with Gasteiger partial charge >= 0.3 is 0 Å². The molecule has 32 heavy (non-hydrogen) atoms. The molecule has 1 aromatic heterocycles. The second-order valence-electron chi connectivity index (χ2n) is 11.4. The molecule has 1 saturated heterocycles. The van der Waals surface area contributed by atoms with E-state index in [2.05, 4.69) is 38.0 Å². The Morgan fingerprint density at radius 2 is 1.88 bits per heavy atom. The zero-order chi connectivity index (χ0) is 23.0. The minimum Gasteiger partial charge on any atom is -0.319 e. The zero-order valence-corrected chi connectivity index (χ0v) is 21.2. The first kappa shape index (κ1) is 22.1. The summed E-state index contributed by atoms with van der Waals surface area (Å²) < 4.78 is 0. The summed E-state index contributed by atoms with van der Waals surface area (Å²) in [5.74, 6) is 2.30. The molecule has 3 aliphatic carbocycles. The highest BCUT2D eigenvalue weighted by atomic mass is 32.1. The van der Waals surface area contributed by atoms with Crippen molar-refractivity contribution in [2.45, 2.75) is 79.6 Å². The van der Waals surface area contributed by atoms with Gasteiger partial charge in [0.05, 0.1) is 5.69 Å². The molecule has 0 spiro atoms. The number of carbonyl (C=O) groups excluding carboxylic acids is 2. The van der Waals surface area contributed by atoms with Gasteiger partial charge in [0.2, 0.25) is 11.8 Å². The first-order chi connectivity index (χ1) is 15.1. The van der Waals surface area contributed by atoms with E-state index in [-0.39, 0.29) is 28.6 Å². The Morgan fingerprint density at radius 1 is 1.12 bits per heavy atom. The molecule has 0 aromatic carbocycles. The lowest BCUT2D eigenvalue weighted by molar-refractivity contribution is -0.137. The number of piperidine rings is 1. The Bertz CT molecular complexity index is 993. The summed E-state index contributed by atoms with van der Waals surface area (Å²) >= 11 is 1.58. The Labute approximate surface area is 196 Å². The summed E-state index contributed by atoms with van der Waals surface area (Å²) in [6.07, 6.45) is 7.08. The van der Waals surface area contributed by atoms with Gasteiger partial charge < -0.3 is 10.2 Å². The van der Waals surface area contributed by atoms with Gasteiger partial charge in [0.1, 0.15) is 0 Å². The van der Waals surface area contributed by atoms with Gasteiger partial charge in [0, 0.05) is 35.4 Å². The van der Waals surface area contributed by atoms with E-state index in [0.717, 1.165) is 49.4 Å². The molecule has 5 nitrogen and oxygen atoms in total. The van der Waals surface area contributed by atoms with Gasteiger partial charge in [-0.15, -0.1) is 11.3 Å². The number of nitrogens with zero attached hydrogens (tertiary/aromatic N) is 2. The number of carbonyl (C=O) groups is 2. The summed E-state index contributed by atoms with van der Waals surface area (Å²) in [6.45, 7) is 11.1. The number of aromatic nitrogens is 1. The highest BCUT2D eigenvalue weighted by Crippen LogP contribution is 2.66. The highest BCUT2D eigenvalue weighted by Gasteiger charge is 2.61. The van der Waals surface area contributed by atoms with Crippen molar-refractivity contribution in [3.05, 3.63) is 21.8 Å². The van der Waals surface area contributed by atoms with E-state index in [0.29, 0.717) is 24.2 Å². The number of hydrogen-bond acceptors (Lipinski definition) is 4. The van der Waals surface area contributed by atoms with Crippen molar-refractivity contribution in [3.8, 4) is 0 Å². The Hall–Kier alpha value is -1.69. The van der Waals surface area contributed by atoms with Crippen LogP contribution in [-0.2, 0) is 9.59 Å². The third-order valence-corrected chi connectivity index (χ3v) is 10.9. The second-order valence-corrected chi connectivity index (χ2v) is 12.6. The summed E-state index contributed by atoms with van der Waals surface area (Å²) in [6, 6.07) is 0. The first-order valence-corrected chi connectivity index (χ1v) is 13.1. The molecule has 0 bridgehead atoms. The topological polar surface area (TPSA) is 62.3 Å². The Kier molecular flexibility index (Phi) is 5.12. The van der Waals surface area contributed by atoms with Crippen molar-refractivity contribution in [1.82, 2.24) is 9.88 Å². The molecule has 1 aliphatic heterocycles. The van der Waals surface area contributed by atoms with Crippen LogP contribution in [0.4, 0.5) is 5.13 Å². The van der Waals surface area contributed by atoms with Gasteiger partial charge in [-0.3, -0.25) is 9.59 Å². The SMILES string of the molecule is CC1=C2N(C)C(=O)CC[C@]2(C)[C@@H]2CC[C@]3(C)C(C(=O)Nc4nc(C)c(C)s4)CC[C@H]3[C@@H]2C1. The molecule has 0 radical (unpaired) electrons. The van der Waals surface area contributed by atoms with E-state index in [1.807, 2.05) is 18.9 Å². The lowest BCUT2D eigenvalue weighted by Crippen LogP contribution is -2.54. The number of rotatable bonds is 2. The lowest BCUT2D eigenvalue weighted by atomic mass is 9.48. The number of hydrogen-bond donors (Lipinski definition) is 1. The molecule has 174 valence electrons. The largest absolute Gasteiger partial charge is 0.319 e. The monoisotopic (exact) mass is 455 g/mol. The summed E-state index contributed by atoms with van der Waals surface area (Å²) in [5, 5.41) is 3.91. The van der Waals surface area contributed by atoms with Crippen LogP contribution in [0.15, 0.2) is 11.3 Å². The van der Waals surface area contributed by atoms with E-state index in [1.165, 1.54) is 16.1 Å². The number of fused-ring (bicyclic) bond motifs is 5. The zero-order valence-electron chi connectivity index (χ0n) is 20.4. The summed E-state index contributed by atoms with van der Waals surface area (Å²) in [7, 11) is 1.98. The molecular formula is C26H37N3O2S. The van der Waals surface area contributed by atoms with E-state index in [1.54, 1.807) is 11.3 Å². The van der Waals surface area contributed by atoms with Gasteiger partial charge in [-0.25, -0.2) is 4.98 Å². The number of allylic oxidation sites excluding steroid dienone is 2. The average Bonchev–Trinajstić information content (AvgIpc) is 3.23. The number of anilines is 1. The lowest BCUT2D eigenvalue weighted by Gasteiger charge is -2.59. The van der Waals surface area contributed by atoms with Gasteiger partial charge in [-0.05, 0) is 82.5 Å². The molecule has 2 heterocycles. The molecule has 6 heteroatoms. The molecule has 1 unspecified atom stereocenters. The van der Waals surface area contributed by atoms with Crippen molar-refractivity contribution >= 4 is 28.3 Å². The Balaban J connectivity index is 1.41. The first-order valence-electron chi connectivity index (χ1n) is 12.3. The van der Waals surface area contributed by atoms with Crippen LogP contribution in [0.3, 0.4) is 0 Å². The summed E-state index contributed by atoms with van der Waals surface area (Å²) in [5.41, 5.74) is 3.85. The van der Waals surface area contributed by atoms with E-state index < -0.39 is 0 Å².